The van der Waals surface area contributed by atoms with Gasteiger partial charge in [0.05, 0.1) is 11.1 Å². The van der Waals surface area contributed by atoms with Crippen LogP contribution in [0, 0.1) is 0 Å². The van der Waals surface area contributed by atoms with E-state index in [1.165, 1.54) is 170 Å². The minimum absolute atomic E-state index is 0.116. The Bertz CT molecular complexity index is 3090. The second-order valence-electron chi connectivity index (χ2n) is 20.0. The molecule has 0 N–H and O–H groups in total. The number of rotatable bonds is 5. The molecule has 0 atom stereocenters. The maximum atomic E-state index is 2.70. The molecule has 0 bridgehead atoms. The van der Waals surface area contributed by atoms with E-state index < -0.39 is 5.41 Å². The highest BCUT2D eigenvalue weighted by Crippen LogP contribution is 2.64. The Morgan fingerprint density at radius 2 is 0.889 bits per heavy atom. The summed E-state index contributed by atoms with van der Waals surface area (Å²) in [5.74, 6) is 1.15. The van der Waals surface area contributed by atoms with Crippen LogP contribution in [0.5, 0.6) is 0 Å². The second kappa shape index (κ2) is 14.2. The van der Waals surface area contributed by atoms with Gasteiger partial charge in [-0.2, -0.15) is 0 Å². The highest BCUT2D eigenvalue weighted by molar-refractivity contribution is 6.03. The average Bonchev–Trinajstić information content (AvgIpc) is 3.90. The largest absolute Gasteiger partial charge is 0.310 e. The van der Waals surface area contributed by atoms with Gasteiger partial charge in [-0.05, 0) is 145 Å². The number of benzene rings is 8. The van der Waals surface area contributed by atoms with Crippen molar-refractivity contribution in [3.63, 3.8) is 0 Å². The van der Waals surface area contributed by atoms with Gasteiger partial charge in [0.15, 0.2) is 0 Å². The first-order chi connectivity index (χ1) is 31.0. The van der Waals surface area contributed by atoms with Crippen molar-refractivity contribution in [2.24, 2.45) is 0 Å². The number of anilines is 3. The maximum absolute atomic E-state index is 2.70. The van der Waals surface area contributed by atoms with Crippen LogP contribution in [0.15, 0.2) is 164 Å². The van der Waals surface area contributed by atoms with Crippen molar-refractivity contribution in [3.05, 3.63) is 208 Å². The van der Waals surface area contributed by atoms with Gasteiger partial charge in [0.2, 0.25) is 0 Å². The van der Waals surface area contributed by atoms with Gasteiger partial charge < -0.3 is 4.90 Å². The summed E-state index contributed by atoms with van der Waals surface area (Å²) in [4.78, 5) is 2.70. The molecule has 0 saturated heterocycles. The van der Waals surface area contributed by atoms with Gasteiger partial charge in [0.1, 0.15) is 0 Å². The predicted molar refractivity (Wildman–Crippen MR) is 264 cm³/mol. The van der Waals surface area contributed by atoms with E-state index in [0.29, 0.717) is 11.8 Å². The van der Waals surface area contributed by atoms with Crippen LogP contribution < -0.4 is 4.90 Å². The summed E-state index contributed by atoms with van der Waals surface area (Å²) >= 11 is 0. The molecule has 0 unspecified atom stereocenters. The number of hydrogen-bond donors (Lipinski definition) is 0. The first-order valence-electron chi connectivity index (χ1n) is 24.1. The number of nitrogens with zero attached hydrogens (tertiary/aromatic N) is 1. The van der Waals surface area contributed by atoms with Crippen molar-refractivity contribution in [3.8, 4) is 33.4 Å². The maximum Gasteiger partial charge on any atom is 0.0726 e. The van der Waals surface area contributed by atoms with Crippen molar-refractivity contribution in [1.82, 2.24) is 0 Å². The molecule has 0 radical (unpaired) electrons. The zero-order valence-electron chi connectivity index (χ0n) is 36.8. The summed E-state index contributed by atoms with van der Waals surface area (Å²) < 4.78 is 0. The molecule has 0 aromatic heterocycles. The fourth-order valence-corrected chi connectivity index (χ4v) is 13.5. The Morgan fingerprint density at radius 1 is 0.397 bits per heavy atom. The lowest BCUT2D eigenvalue weighted by Gasteiger charge is -2.35. The Hall–Kier alpha value is -6.18. The fraction of sp³-hybridized carbons (Fsp3) is 0.258. The highest BCUT2D eigenvalue weighted by Gasteiger charge is 2.52. The van der Waals surface area contributed by atoms with Crippen LogP contribution in [0.2, 0.25) is 0 Å². The molecule has 5 aliphatic carbocycles. The van der Waals surface area contributed by atoms with Crippen molar-refractivity contribution in [2.75, 3.05) is 4.90 Å². The van der Waals surface area contributed by atoms with Gasteiger partial charge in [0, 0.05) is 22.2 Å². The van der Waals surface area contributed by atoms with Crippen LogP contribution in [-0.4, -0.2) is 0 Å². The third-order valence-corrected chi connectivity index (χ3v) is 16.5. The summed E-state index contributed by atoms with van der Waals surface area (Å²) in [6.07, 6.45) is 13.0. The minimum atomic E-state index is -0.420. The van der Waals surface area contributed by atoms with E-state index in [-0.39, 0.29) is 5.41 Å². The van der Waals surface area contributed by atoms with E-state index in [0.717, 1.165) is 0 Å². The van der Waals surface area contributed by atoms with Gasteiger partial charge in [0.25, 0.3) is 0 Å². The monoisotopic (exact) mass is 813 g/mol. The Morgan fingerprint density at radius 3 is 1.56 bits per heavy atom. The van der Waals surface area contributed by atoms with E-state index in [9.17, 15) is 0 Å². The van der Waals surface area contributed by atoms with Gasteiger partial charge in [-0.3, -0.25) is 0 Å². The Labute approximate surface area is 373 Å². The Balaban J connectivity index is 1.10. The third-order valence-electron chi connectivity index (χ3n) is 16.5. The van der Waals surface area contributed by atoms with Crippen LogP contribution in [0.3, 0.4) is 0 Å². The van der Waals surface area contributed by atoms with Crippen LogP contribution in [-0.2, 0) is 10.8 Å². The van der Waals surface area contributed by atoms with Crippen molar-refractivity contribution in [1.29, 1.82) is 0 Å². The molecule has 1 spiro atoms. The molecule has 2 saturated carbocycles. The SMILES string of the molecule is CC1(C)c2ccccc2-c2ccc(N(c3ccc4c(c3)C3(c5ccccc5-c5ccccc53)c3cc(C5CCCCC5)ccc3-4)c3c(C4CCCCC4)ccc4ccccc34)cc21. The molecule has 0 aliphatic heterocycles. The summed E-state index contributed by atoms with van der Waals surface area (Å²) in [5, 5.41) is 2.63. The molecule has 13 rings (SSSR count). The highest BCUT2D eigenvalue weighted by atomic mass is 15.1. The number of hydrogen-bond acceptors (Lipinski definition) is 1. The lowest BCUT2D eigenvalue weighted by molar-refractivity contribution is 0.443. The topological polar surface area (TPSA) is 3.24 Å². The van der Waals surface area contributed by atoms with Crippen molar-refractivity contribution >= 4 is 27.8 Å². The van der Waals surface area contributed by atoms with E-state index >= 15 is 0 Å². The quantitative estimate of drug-likeness (QED) is 0.167. The van der Waals surface area contributed by atoms with E-state index in [4.69, 9.17) is 0 Å². The first kappa shape index (κ1) is 37.4. The third kappa shape index (κ3) is 5.35. The van der Waals surface area contributed by atoms with Gasteiger partial charge in [-0.25, -0.2) is 0 Å². The van der Waals surface area contributed by atoms with Crippen LogP contribution in [0.1, 0.15) is 134 Å². The minimum Gasteiger partial charge on any atom is -0.310 e. The van der Waals surface area contributed by atoms with E-state index in [1.54, 1.807) is 0 Å². The molecular formula is C62H55N. The molecule has 8 aromatic carbocycles. The van der Waals surface area contributed by atoms with E-state index in [1.807, 2.05) is 0 Å². The molecule has 2 fully saturated rings. The van der Waals surface area contributed by atoms with Crippen LogP contribution in [0.25, 0.3) is 44.2 Å². The normalized spacial score (nSPS) is 17.8. The summed E-state index contributed by atoms with van der Waals surface area (Å²) in [5.41, 5.74) is 23.1. The zero-order chi connectivity index (χ0) is 41.9. The molecule has 8 aromatic rings. The molecule has 0 amide bonds. The van der Waals surface area contributed by atoms with Gasteiger partial charge in [-0.15, -0.1) is 0 Å². The van der Waals surface area contributed by atoms with E-state index in [2.05, 4.69) is 183 Å². The summed E-state index contributed by atoms with van der Waals surface area (Å²) in [6.45, 7) is 4.84. The fourth-order valence-electron chi connectivity index (χ4n) is 13.5. The standard InChI is InChI=1S/C62H55N/c1-61(2)54-26-14-11-23-48(54)51-35-31-44(38-57(51)61)63(60-46-22-10-9-21-42(46)29-33-47(60)41-19-7-4-8-20-41)45-32-36-53-52-34-30-43(40-17-5-3-6-18-40)37-58(52)62(59(53)39-45)55-27-15-12-24-49(55)50-25-13-16-28-56(50)62/h9-16,21-41H,3-8,17-20H2,1-2H3. The smallest absolute Gasteiger partial charge is 0.0726 e. The lowest BCUT2D eigenvalue weighted by Crippen LogP contribution is -2.26. The molecule has 63 heavy (non-hydrogen) atoms. The lowest BCUT2D eigenvalue weighted by atomic mass is 9.69. The van der Waals surface area contributed by atoms with Crippen molar-refractivity contribution in [2.45, 2.75) is 101 Å². The van der Waals surface area contributed by atoms with Gasteiger partial charge in [-0.1, -0.05) is 192 Å². The summed E-state index contributed by atoms with van der Waals surface area (Å²) in [6, 6.07) is 64.4. The zero-order valence-corrected chi connectivity index (χ0v) is 36.8. The second-order valence-corrected chi connectivity index (χ2v) is 20.0. The average molecular weight is 814 g/mol. The van der Waals surface area contributed by atoms with Crippen LogP contribution >= 0.6 is 0 Å². The van der Waals surface area contributed by atoms with Crippen LogP contribution in [0.4, 0.5) is 17.1 Å². The number of fused-ring (bicyclic) bond motifs is 14. The van der Waals surface area contributed by atoms with Gasteiger partial charge >= 0.3 is 0 Å². The predicted octanol–water partition coefficient (Wildman–Crippen LogP) is 17.1. The first-order valence-corrected chi connectivity index (χ1v) is 24.1. The molecule has 5 aliphatic rings. The molecule has 1 heteroatoms. The molecule has 1 nitrogen and oxygen atoms in total. The molecular weight excluding hydrogens is 759 g/mol. The summed E-state index contributed by atoms with van der Waals surface area (Å²) in [7, 11) is 0. The van der Waals surface area contributed by atoms with Crippen molar-refractivity contribution < 1.29 is 0 Å². The Kier molecular flexibility index (Phi) is 8.41. The molecule has 308 valence electrons. The molecule has 0 heterocycles.